The summed E-state index contributed by atoms with van der Waals surface area (Å²) in [7, 11) is -4.35. The Morgan fingerprint density at radius 3 is 2.09 bits per heavy atom. The Bertz CT molecular complexity index is 773. The van der Waals surface area contributed by atoms with Gasteiger partial charge in [-0.05, 0) is 42.6 Å². The number of sulfonamides is 2. The summed E-state index contributed by atoms with van der Waals surface area (Å²) in [6.45, 7) is 3.20. The Morgan fingerprint density at radius 2 is 1.65 bits per heavy atom. The van der Waals surface area contributed by atoms with Gasteiger partial charge in [-0.1, -0.05) is 6.92 Å². The third-order valence-electron chi connectivity index (χ3n) is 4.26. The van der Waals surface area contributed by atoms with E-state index in [4.69, 9.17) is 5.73 Å². The number of hydrogen-bond acceptors (Lipinski definition) is 5. The molecule has 1 saturated heterocycles. The van der Waals surface area contributed by atoms with Crippen LogP contribution in [-0.2, 0) is 20.0 Å². The second-order valence-corrected chi connectivity index (χ2v) is 10.5. The maximum atomic E-state index is 12.7. The second-order valence-electron chi connectivity index (χ2n) is 6.36. The van der Waals surface area contributed by atoms with Gasteiger partial charge in [0.15, 0.2) is 0 Å². The molecule has 0 saturated carbocycles. The van der Waals surface area contributed by atoms with E-state index >= 15 is 0 Å². The molecule has 9 heteroatoms. The quantitative estimate of drug-likeness (QED) is 0.813. The van der Waals surface area contributed by atoms with E-state index in [0.717, 1.165) is 10.7 Å². The summed E-state index contributed by atoms with van der Waals surface area (Å²) in [6, 6.07) is 5.31. The molecule has 0 spiro atoms. The van der Waals surface area contributed by atoms with Crippen LogP contribution in [0.4, 0.5) is 0 Å². The van der Waals surface area contributed by atoms with Crippen molar-refractivity contribution in [2.45, 2.75) is 23.1 Å². The molecule has 0 amide bonds. The molecule has 2 N–H and O–H groups in total. The molecule has 1 aliphatic rings. The number of benzene rings is 1. The Hall–Kier alpha value is -1.00. The maximum absolute atomic E-state index is 12.7. The number of rotatable bonds is 5. The van der Waals surface area contributed by atoms with E-state index in [1.807, 2.05) is 6.92 Å². The Labute approximate surface area is 138 Å². The van der Waals surface area contributed by atoms with Crippen molar-refractivity contribution in [3.63, 3.8) is 0 Å². The molecular weight excluding hydrogens is 338 g/mol. The molecule has 23 heavy (non-hydrogen) atoms. The summed E-state index contributed by atoms with van der Waals surface area (Å²) in [5.41, 5.74) is 5.51. The molecule has 1 unspecified atom stereocenters. The van der Waals surface area contributed by atoms with Gasteiger partial charge in [-0.3, -0.25) is 0 Å². The van der Waals surface area contributed by atoms with Gasteiger partial charge < -0.3 is 5.73 Å². The lowest BCUT2D eigenvalue weighted by Gasteiger charge is -2.22. The maximum Gasteiger partial charge on any atom is 0.243 e. The zero-order valence-corrected chi connectivity index (χ0v) is 15.2. The largest absolute Gasteiger partial charge is 0.330 e. The van der Waals surface area contributed by atoms with E-state index in [0.29, 0.717) is 19.6 Å². The van der Waals surface area contributed by atoms with Crippen LogP contribution in [0.25, 0.3) is 0 Å². The average molecular weight is 361 g/mol. The Morgan fingerprint density at radius 1 is 1.13 bits per heavy atom. The summed E-state index contributed by atoms with van der Waals surface area (Å²) in [4.78, 5) is 0.158. The van der Waals surface area contributed by atoms with Gasteiger partial charge >= 0.3 is 0 Å². The summed E-state index contributed by atoms with van der Waals surface area (Å²) in [5, 5.41) is 0. The van der Waals surface area contributed by atoms with Gasteiger partial charge in [-0.25, -0.2) is 21.1 Å². The normalized spacial score (nSPS) is 23.5. The van der Waals surface area contributed by atoms with Crippen molar-refractivity contribution in [1.29, 1.82) is 0 Å². The van der Waals surface area contributed by atoms with Gasteiger partial charge in [0.2, 0.25) is 20.0 Å². The molecule has 0 radical (unpaired) electrons. The van der Waals surface area contributed by atoms with Crippen molar-refractivity contribution in [2.24, 2.45) is 11.1 Å². The fourth-order valence-corrected chi connectivity index (χ4v) is 4.99. The molecule has 1 fully saturated rings. The van der Waals surface area contributed by atoms with Crippen molar-refractivity contribution in [2.75, 3.05) is 33.7 Å². The van der Waals surface area contributed by atoms with Crippen molar-refractivity contribution >= 4 is 20.0 Å². The SMILES string of the molecule is CN(C)S(=O)(=O)c1ccc(S(=O)(=O)N2CCC(C)(CN)C2)cc1. The van der Waals surface area contributed by atoms with Crippen molar-refractivity contribution in [3.8, 4) is 0 Å². The molecular formula is C14H23N3O4S2. The van der Waals surface area contributed by atoms with Crippen LogP contribution in [0, 0.1) is 5.41 Å². The van der Waals surface area contributed by atoms with Crippen molar-refractivity contribution in [1.82, 2.24) is 8.61 Å². The van der Waals surface area contributed by atoms with Crippen LogP contribution in [0.1, 0.15) is 13.3 Å². The van der Waals surface area contributed by atoms with Crippen molar-refractivity contribution < 1.29 is 16.8 Å². The first-order valence-corrected chi connectivity index (χ1v) is 10.1. The van der Waals surface area contributed by atoms with E-state index < -0.39 is 20.0 Å². The molecule has 1 aliphatic heterocycles. The summed E-state index contributed by atoms with van der Waals surface area (Å²) >= 11 is 0. The van der Waals surface area contributed by atoms with Crippen LogP contribution < -0.4 is 5.73 Å². The number of nitrogens with two attached hydrogens (primary N) is 1. The summed E-state index contributed by atoms with van der Waals surface area (Å²) in [6.07, 6.45) is 0.718. The van der Waals surface area contributed by atoms with Crippen molar-refractivity contribution in [3.05, 3.63) is 24.3 Å². The van der Waals surface area contributed by atoms with E-state index in [2.05, 4.69) is 0 Å². The van der Waals surface area contributed by atoms with E-state index in [9.17, 15) is 16.8 Å². The molecule has 1 atom stereocenters. The fourth-order valence-electron chi connectivity index (χ4n) is 2.49. The van der Waals surface area contributed by atoms with Gasteiger partial charge in [-0.2, -0.15) is 4.31 Å². The predicted molar refractivity (Wildman–Crippen MR) is 87.9 cm³/mol. The topological polar surface area (TPSA) is 101 Å². The zero-order valence-electron chi connectivity index (χ0n) is 13.6. The molecule has 1 heterocycles. The van der Waals surface area contributed by atoms with Gasteiger partial charge in [0.1, 0.15) is 0 Å². The lowest BCUT2D eigenvalue weighted by Crippen LogP contribution is -2.34. The highest BCUT2D eigenvalue weighted by Gasteiger charge is 2.39. The van der Waals surface area contributed by atoms with Crippen LogP contribution in [0.3, 0.4) is 0 Å². The molecule has 130 valence electrons. The van der Waals surface area contributed by atoms with Crippen LogP contribution >= 0.6 is 0 Å². The minimum absolute atomic E-state index is 0.0645. The fraction of sp³-hybridized carbons (Fsp3) is 0.571. The molecule has 0 aromatic heterocycles. The third kappa shape index (κ3) is 3.43. The van der Waals surface area contributed by atoms with E-state index in [1.54, 1.807) is 0 Å². The first kappa shape index (κ1) is 18.3. The lowest BCUT2D eigenvalue weighted by atomic mass is 9.90. The molecule has 7 nitrogen and oxygen atoms in total. The summed E-state index contributed by atoms with van der Waals surface area (Å²) < 4.78 is 51.9. The standard InChI is InChI=1S/C14H23N3O4S2/c1-14(10-15)8-9-17(11-14)23(20,21)13-6-4-12(5-7-13)22(18,19)16(2)3/h4-7H,8-11,15H2,1-3H3. The predicted octanol–water partition coefficient (Wildman–Crippen LogP) is 0.296. The van der Waals surface area contributed by atoms with Gasteiger partial charge in [-0.15, -0.1) is 0 Å². The molecule has 1 aromatic carbocycles. The minimum Gasteiger partial charge on any atom is -0.330 e. The average Bonchev–Trinajstić information content (AvgIpc) is 2.91. The highest BCUT2D eigenvalue weighted by Crippen LogP contribution is 2.32. The van der Waals surface area contributed by atoms with Crippen LogP contribution in [0.2, 0.25) is 0 Å². The van der Waals surface area contributed by atoms with Gasteiger partial charge in [0.25, 0.3) is 0 Å². The lowest BCUT2D eigenvalue weighted by molar-refractivity contribution is 0.349. The van der Waals surface area contributed by atoms with Crippen LogP contribution in [0.5, 0.6) is 0 Å². The highest BCUT2D eigenvalue weighted by atomic mass is 32.2. The molecule has 0 aliphatic carbocycles. The Kier molecular flexibility index (Phi) is 4.89. The van der Waals surface area contributed by atoms with Gasteiger partial charge in [0.05, 0.1) is 9.79 Å². The molecule has 1 aromatic rings. The van der Waals surface area contributed by atoms with Crippen LogP contribution in [-0.4, -0.2) is 59.2 Å². The number of hydrogen-bond donors (Lipinski definition) is 1. The first-order chi connectivity index (χ1) is 10.5. The first-order valence-electron chi connectivity index (χ1n) is 7.26. The van der Waals surface area contributed by atoms with E-state index in [-0.39, 0.29) is 15.2 Å². The monoisotopic (exact) mass is 361 g/mol. The minimum atomic E-state index is -3.63. The summed E-state index contributed by atoms with van der Waals surface area (Å²) in [5.74, 6) is 0. The smallest absolute Gasteiger partial charge is 0.243 e. The molecule has 2 rings (SSSR count). The van der Waals surface area contributed by atoms with Gasteiger partial charge in [0, 0.05) is 27.2 Å². The number of nitrogens with zero attached hydrogens (tertiary/aromatic N) is 2. The third-order valence-corrected chi connectivity index (χ3v) is 7.94. The Balaban J connectivity index is 2.29. The van der Waals surface area contributed by atoms with Crippen LogP contribution in [0.15, 0.2) is 34.1 Å². The molecule has 0 bridgehead atoms. The second kappa shape index (κ2) is 6.14. The van der Waals surface area contributed by atoms with E-state index in [1.165, 1.54) is 42.7 Å². The highest BCUT2D eigenvalue weighted by molar-refractivity contribution is 7.89. The zero-order chi connectivity index (χ0) is 17.5.